The number of hydrogen-bond donors (Lipinski definition) is 0. The Balaban J connectivity index is 2.34. The molecule has 0 saturated heterocycles. The summed E-state index contributed by atoms with van der Waals surface area (Å²) in [7, 11) is 0. The lowest BCUT2D eigenvalue weighted by Crippen LogP contribution is -1.97. The second-order valence-electron chi connectivity index (χ2n) is 3.73. The first kappa shape index (κ1) is 9.32. The third-order valence-electron chi connectivity index (χ3n) is 2.85. The van der Waals surface area contributed by atoms with Gasteiger partial charge in [-0.3, -0.25) is 0 Å². The van der Waals surface area contributed by atoms with Gasteiger partial charge in [-0.2, -0.15) is 5.26 Å². The van der Waals surface area contributed by atoms with Gasteiger partial charge in [0.15, 0.2) is 0 Å². The lowest BCUT2D eigenvalue weighted by molar-refractivity contribution is 0.463. The molecule has 1 rings (SSSR count). The minimum absolute atomic E-state index is 0.667. The molecule has 0 N–H and O–H groups in total. The number of nitrogens with zero attached hydrogens (tertiary/aromatic N) is 1. The second-order valence-corrected chi connectivity index (χ2v) is 3.73. The molecule has 12 heavy (non-hydrogen) atoms. The maximum absolute atomic E-state index is 8.56. The first-order valence-electron chi connectivity index (χ1n) is 4.86. The predicted molar refractivity (Wildman–Crippen MR) is 50.5 cm³/mol. The molecule has 66 valence electrons. The molecular weight excluding hydrogens is 146 g/mol. The average molecular weight is 163 g/mol. The standard InChI is InChI=1S/C11H17N/c1-2-10-4-3-5-11(7-6-10)8-9-12/h2,10-11H,1,3-8H2. The lowest BCUT2D eigenvalue weighted by Gasteiger charge is -2.08. The largest absolute Gasteiger partial charge is 0.198 e. The number of hydrogen-bond acceptors (Lipinski definition) is 1. The zero-order chi connectivity index (χ0) is 8.81. The van der Waals surface area contributed by atoms with Gasteiger partial charge in [-0.25, -0.2) is 0 Å². The summed E-state index contributed by atoms with van der Waals surface area (Å²) in [5.74, 6) is 1.38. The number of rotatable bonds is 2. The number of allylic oxidation sites excluding steroid dienone is 1. The molecule has 1 nitrogen and oxygen atoms in total. The van der Waals surface area contributed by atoms with Crippen LogP contribution < -0.4 is 0 Å². The highest BCUT2D eigenvalue weighted by molar-refractivity contribution is 4.84. The molecule has 1 aliphatic carbocycles. The number of nitriles is 1. The summed E-state index contributed by atoms with van der Waals surface area (Å²) in [6.07, 6.45) is 9.12. The monoisotopic (exact) mass is 163 g/mol. The molecular formula is C11H17N. The molecule has 0 aromatic rings. The van der Waals surface area contributed by atoms with Gasteiger partial charge >= 0.3 is 0 Å². The predicted octanol–water partition coefficient (Wildman–Crippen LogP) is 3.28. The highest BCUT2D eigenvalue weighted by atomic mass is 14.3. The molecule has 1 saturated carbocycles. The SMILES string of the molecule is C=CC1CCCC(CC#N)CC1. The lowest BCUT2D eigenvalue weighted by atomic mass is 9.96. The zero-order valence-electron chi connectivity index (χ0n) is 7.63. The van der Waals surface area contributed by atoms with E-state index in [1.54, 1.807) is 0 Å². The molecule has 0 radical (unpaired) electrons. The van der Waals surface area contributed by atoms with Gasteiger partial charge in [-0.05, 0) is 37.5 Å². The van der Waals surface area contributed by atoms with Crippen molar-refractivity contribution in [1.29, 1.82) is 5.26 Å². The van der Waals surface area contributed by atoms with Crippen molar-refractivity contribution in [2.75, 3.05) is 0 Å². The van der Waals surface area contributed by atoms with E-state index < -0.39 is 0 Å². The average Bonchev–Trinajstić information content (AvgIpc) is 2.31. The Hall–Kier alpha value is -0.770. The van der Waals surface area contributed by atoms with Crippen LogP contribution in [0.5, 0.6) is 0 Å². The molecule has 1 heteroatoms. The smallest absolute Gasteiger partial charge is 0.0624 e. The van der Waals surface area contributed by atoms with Crippen molar-refractivity contribution < 1.29 is 0 Å². The van der Waals surface area contributed by atoms with Gasteiger partial charge in [0.1, 0.15) is 0 Å². The van der Waals surface area contributed by atoms with Crippen LogP contribution in [0.3, 0.4) is 0 Å². The van der Waals surface area contributed by atoms with Gasteiger partial charge < -0.3 is 0 Å². The van der Waals surface area contributed by atoms with Gasteiger partial charge in [0.25, 0.3) is 0 Å². The van der Waals surface area contributed by atoms with Crippen LogP contribution in [0.25, 0.3) is 0 Å². The minimum Gasteiger partial charge on any atom is -0.198 e. The van der Waals surface area contributed by atoms with Crippen molar-refractivity contribution >= 4 is 0 Å². The molecule has 0 aromatic carbocycles. The van der Waals surface area contributed by atoms with Crippen LogP contribution in [-0.4, -0.2) is 0 Å². The summed E-state index contributed by atoms with van der Waals surface area (Å²) in [5, 5.41) is 8.56. The maximum atomic E-state index is 8.56. The molecule has 2 unspecified atom stereocenters. The summed E-state index contributed by atoms with van der Waals surface area (Å²) in [6, 6.07) is 2.27. The first-order valence-corrected chi connectivity index (χ1v) is 4.86. The van der Waals surface area contributed by atoms with Crippen molar-refractivity contribution in [2.24, 2.45) is 11.8 Å². The van der Waals surface area contributed by atoms with Crippen LogP contribution in [0.2, 0.25) is 0 Å². The first-order chi connectivity index (χ1) is 5.86. The molecule has 1 fully saturated rings. The molecule has 0 aliphatic heterocycles. The fraction of sp³-hybridized carbons (Fsp3) is 0.727. The molecule has 0 heterocycles. The summed E-state index contributed by atoms with van der Waals surface area (Å²) < 4.78 is 0. The fourth-order valence-corrected chi connectivity index (χ4v) is 1.98. The van der Waals surface area contributed by atoms with Crippen LogP contribution in [0.15, 0.2) is 12.7 Å². The van der Waals surface area contributed by atoms with Crippen LogP contribution in [0.4, 0.5) is 0 Å². The summed E-state index contributed by atoms with van der Waals surface area (Å²) in [6.45, 7) is 3.83. The maximum Gasteiger partial charge on any atom is 0.0624 e. The van der Waals surface area contributed by atoms with E-state index in [1.165, 1.54) is 32.1 Å². The van der Waals surface area contributed by atoms with E-state index in [0.717, 1.165) is 6.42 Å². The molecule has 0 spiro atoms. The van der Waals surface area contributed by atoms with Gasteiger partial charge in [-0.1, -0.05) is 12.5 Å². The van der Waals surface area contributed by atoms with E-state index in [9.17, 15) is 0 Å². The Morgan fingerprint density at radius 3 is 2.83 bits per heavy atom. The quantitative estimate of drug-likeness (QED) is 0.452. The van der Waals surface area contributed by atoms with Crippen LogP contribution in [0, 0.1) is 23.2 Å². The van der Waals surface area contributed by atoms with Crippen molar-refractivity contribution in [3.63, 3.8) is 0 Å². The highest BCUT2D eigenvalue weighted by Gasteiger charge is 2.16. The minimum atomic E-state index is 0.667. The third kappa shape index (κ3) is 2.70. The van der Waals surface area contributed by atoms with Crippen LogP contribution >= 0.6 is 0 Å². The Morgan fingerprint density at radius 1 is 1.33 bits per heavy atom. The van der Waals surface area contributed by atoms with E-state index in [2.05, 4.69) is 18.7 Å². The normalized spacial score (nSPS) is 30.2. The van der Waals surface area contributed by atoms with Gasteiger partial charge in [0.2, 0.25) is 0 Å². The Morgan fingerprint density at radius 2 is 2.17 bits per heavy atom. The van der Waals surface area contributed by atoms with E-state index in [4.69, 9.17) is 5.26 Å². The van der Waals surface area contributed by atoms with E-state index in [1.807, 2.05) is 0 Å². The summed E-state index contributed by atoms with van der Waals surface area (Å²) >= 11 is 0. The second kappa shape index (κ2) is 4.98. The van der Waals surface area contributed by atoms with Crippen molar-refractivity contribution in [3.8, 4) is 6.07 Å². The molecule has 0 amide bonds. The Labute approximate surface area is 75.1 Å². The van der Waals surface area contributed by atoms with Gasteiger partial charge in [-0.15, -0.1) is 6.58 Å². The molecule has 0 aromatic heterocycles. The van der Waals surface area contributed by atoms with Gasteiger partial charge in [0, 0.05) is 6.42 Å². The molecule has 2 atom stereocenters. The Bertz CT molecular complexity index is 178. The van der Waals surface area contributed by atoms with Gasteiger partial charge in [0.05, 0.1) is 6.07 Å². The highest BCUT2D eigenvalue weighted by Crippen LogP contribution is 2.29. The van der Waals surface area contributed by atoms with Crippen LogP contribution in [0.1, 0.15) is 38.5 Å². The molecule has 0 bridgehead atoms. The van der Waals surface area contributed by atoms with Crippen LogP contribution in [-0.2, 0) is 0 Å². The molecule has 1 aliphatic rings. The van der Waals surface area contributed by atoms with Crippen molar-refractivity contribution in [2.45, 2.75) is 38.5 Å². The van der Waals surface area contributed by atoms with E-state index in [0.29, 0.717) is 11.8 Å². The van der Waals surface area contributed by atoms with Crippen molar-refractivity contribution in [3.05, 3.63) is 12.7 Å². The van der Waals surface area contributed by atoms with E-state index >= 15 is 0 Å². The zero-order valence-corrected chi connectivity index (χ0v) is 7.63. The van der Waals surface area contributed by atoms with E-state index in [-0.39, 0.29) is 0 Å². The summed E-state index contributed by atoms with van der Waals surface area (Å²) in [5.41, 5.74) is 0. The third-order valence-corrected chi connectivity index (χ3v) is 2.85. The topological polar surface area (TPSA) is 23.8 Å². The fourth-order valence-electron chi connectivity index (χ4n) is 1.98. The summed E-state index contributed by atoms with van der Waals surface area (Å²) in [4.78, 5) is 0. The Kier molecular flexibility index (Phi) is 3.87. The van der Waals surface area contributed by atoms with Crippen molar-refractivity contribution in [1.82, 2.24) is 0 Å².